The Labute approximate surface area is 191 Å². The van der Waals surface area contributed by atoms with Crippen LogP contribution >= 0.6 is 0 Å². The minimum atomic E-state index is -0.0399. The Bertz CT molecular complexity index is 908. The number of amides is 1. The van der Waals surface area contributed by atoms with Crippen molar-refractivity contribution in [2.45, 2.75) is 56.9 Å². The summed E-state index contributed by atoms with van der Waals surface area (Å²) in [7, 11) is 0. The highest BCUT2D eigenvalue weighted by Crippen LogP contribution is 2.41. The van der Waals surface area contributed by atoms with E-state index in [4.69, 9.17) is 4.74 Å². The molecule has 5 rings (SSSR count). The second-order valence-corrected chi connectivity index (χ2v) is 9.85. The van der Waals surface area contributed by atoms with Crippen molar-refractivity contribution in [3.63, 3.8) is 0 Å². The third-order valence-electron chi connectivity index (χ3n) is 7.86. The van der Waals surface area contributed by atoms with Gasteiger partial charge in [0.2, 0.25) is 0 Å². The second-order valence-electron chi connectivity index (χ2n) is 9.85. The van der Waals surface area contributed by atoms with Gasteiger partial charge in [0.1, 0.15) is 12.1 Å². The van der Waals surface area contributed by atoms with Crippen LogP contribution in [0.1, 0.15) is 48.8 Å². The lowest BCUT2D eigenvalue weighted by molar-refractivity contribution is -0.916. The number of benzene rings is 2. The molecule has 2 aromatic carbocycles. The number of fused-ring (bicyclic) bond motifs is 2. The monoisotopic (exact) mass is 435 g/mol. The number of nitrogens with one attached hydrogen (secondary N) is 3. The number of piperidine rings is 1. The number of hydrogen-bond acceptors (Lipinski definition) is 2. The van der Waals surface area contributed by atoms with Crippen molar-refractivity contribution >= 4 is 5.91 Å². The lowest BCUT2D eigenvalue weighted by Crippen LogP contribution is -3.14. The quantitative estimate of drug-likeness (QED) is 0.565. The van der Waals surface area contributed by atoms with Crippen LogP contribution in [0.25, 0.3) is 0 Å². The highest BCUT2D eigenvalue weighted by atomic mass is 16.5. The molecule has 2 atom stereocenters. The molecule has 3 heterocycles. The van der Waals surface area contributed by atoms with Crippen molar-refractivity contribution in [2.75, 3.05) is 32.7 Å². The van der Waals surface area contributed by atoms with Crippen LogP contribution in [0.2, 0.25) is 0 Å². The molecular formula is C27H37N3O2+2. The smallest absolute Gasteiger partial charge is 0.278 e. The van der Waals surface area contributed by atoms with Crippen molar-refractivity contribution in [3.8, 4) is 0 Å². The molecule has 1 spiro atoms. The van der Waals surface area contributed by atoms with Gasteiger partial charge < -0.3 is 19.9 Å². The van der Waals surface area contributed by atoms with Crippen molar-refractivity contribution in [1.82, 2.24) is 5.32 Å². The molecule has 5 nitrogen and oxygen atoms in total. The summed E-state index contributed by atoms with van der Waals surface area (Å²) in [5.41, 5.74) is 4.07. The lowest BCUT2D eigenvalue weighted by Gasteiger charge is -2.37. The van der Waals surface area contributed by atoms with Gasteiger partial charge in [-0.3, -0.25) is 4.79 Å². The fourth-order valence-corrected chi connectivity index (χ4v) is 6.03. The average Bonchev–Trinajstić information content (AvgIpc) is 3.44. The Balaban J connectivity index is 1.03. The summed E-state index contributed by atoms with van der Waals surface area (Å²) in [5, 5.41) is 3.24. The van der Waals surface area contributed by atoms with Gasteiger partial charge in [-0.15, -0.1) is 0 Å². The molecule has 0 aliphatic carbocycles. The van der Waals surface area contributed by atoms with E-state index in [-0.39, 0.29) is 17.6 Å². The molecule has 0 saturated carbocycles. The van der Waals surface area contributed by atoms with Gasteiger partial charge in [0.05, 0.1) is 32.8 Å². The number of ether oxygens (including phenoxy) is 1. The highest BCUT2D eigenvalue weighted by molar-refractivity contribution is 5.80. The van der Waals surface area contributed by atoms with Gasteiger partial charge in [0.25, 0.3) is 5.91 Å². The van der Waals surface area contributed by atoms with Crippen LogP contribution in [0.5, 0.6) is 0 Å². The zero-order chi connectivity index (χ0) is 21.8. The molecule has 3 N–H and O–H groups in total. The number of quaternary nitrogens is 2. The minimum Gasteiger partial charge on any atom is -0.365 e. The van der Waals surface area contributed by atoms with Crippen LogP contribution in [0.15, 0.2) is 54.6 Å². The molecule has 0 bridgehead atoms. The maximum Gasteiger partial charge on any atom is 0.278 e. The molecule has 2 fully saturated rings. The van der Waals surface area contributed by atoms with E-state index >= 15 is 0 Å². The average molecular weight is 436 g/mol. The molecule has 0 radical (unpaired) electrons. The Kier molecular flexibility index (Phi) is 6.58. The predicted molar refractivity (Wildman–Crippen MR) is 124 cm³/mol. The fraction of sp³-hybridized carbons (Fsp3) is 0.519. The zero-order valence-corrected chi connectivity index (χ0v) is 19.1. The van der Waals surface area contributed by atoms with Gasteiger partial charge in [-0.25, -0.2) is 0 Å². The summed E-state index contributed by atoms with van der Waals surface area (Å²) < 4.78 is 6.29. The molecule has 2 aromatic rings. The maximum atomic E-state index is 12.8. The lowest BCUT2D eigenvalue weighted by atomic mass is 9.84. The molecular weight excluding hydrogens is 398 g/mol. The van der Waals surface area contributed by atoms with Crippen LogP contribution in [0.3, 0.4) is 0 Å². The van der Waals surface area contributed by atoms with E-state index in [0.29, 0.717) is 0 Å². The van der Waals surface area contributed by atoms with E-state index < -0.39 is 0 Å². The Hall–Kier alpha value is -2.21. The number of carbonyl (C=O) groups excluding carboxylic acids is 1. The maximum absolute atomic E-state index is 12.8. The van der Waals surface area contributed by atoms with Crippen LogP contribution in [0, 0.1) is 0 Å². The predicted octanol–water partition coefficient (Wildman–Crippen LogP) is 0.845. The van der Waals surface area contributed by atoms with Gasteiger partial charge in [-0.05, 0) is 11.1 Å². The first-order chi connectivity index (χ1) is 15.7. The third-order valence-corrected chi connectivity index (χ3v) is 7.86. The molecule has 3 aliphatic rings. The van der Waals surface area contributed by atoms with E-state index in [1.54, 1.807) is 4.90 Å². The van der Waals surface area contributed by atoms with Crippen LogP contribution in [0.4, 0.5) is 0 Å². The van der Waals surface area contributed by atoms with E-state index in [1.165, 1.54) is 21.6 Å². The van der Waals surface area contributed by atoms with Crippen molar-refractivity contribution in [2.24, 2.45) is 0 Å². The van der Waals surface area contributed by atoms with Gasteiger partial charge in [0, 0.05) is 44.2 Å². The Morgan fingerprint density at radius 1 is 1.03 bits per heavy atom. The van der Waals surface area contributed by atoms with Crippen molar-refractivity contribution in [3.05, 3.63) is 71.3 Å². The normalized spacial score (nSPS) is 29.2. The standard InChI is InChI=1S/C27H35N3O2/c31-26(25-12-6-17-30(25)20-22-8-2-1-3-9-22)28-15-7-16-29-18-13-27(14-19-29)24-11-5-4-10-23(24)21-32-27/h1-5,8-11,25H,6-7,12-21H2,(H,28,31)/p+2/t25-/m1/s1. The fourth-order valence-electron chi connectivity index (χ4n) is 6.03. The van der Waals surface area contributed by atoms with Crippen LogP contribution in [-0.2, 0) is 28.3 Å². The number of rotatable bonds is 7. The number of likely N-dealkylation sites (tertiary alicyclic amines) is 2. The number of carbonyl (C=O) groups is 1. The first kappa shape index (κ1) is 21.6. The molecule has 1 unspecified atom stereocenters. The van der Waals surface area contributed by atoms with E-state index in [0.717, 1.165) is 78.0 Å². The summed E-state index contributed by atoms with van der Waals surface area (Å²) in [5.74, 6) is 0.247. The molecule has 3 aliphatic heterocycles. The highest BCUT2D eigenvalue weighted by Gasteiger charge is 2.43. The summed E-state index contributed by atoms with van der Waals surface area (Å²) in [6.45, 7) is 7.04. The van der Waals surface area contributed by atoms with Gasteiger partial charge in [-0.1, -0.05) is 54.6 Å². The number of hydrogen-bond donors (Lipinski definition) is 3. The molecule has 5 heteroatoms. The summed E-state index contributed by atoms with van der Waals surface area (Å²) in [6, 6.07) is 19.4. The van der Waals surface area contributed by atoms with Crippen molar-refractivity contribution in [1.29, 1.82) is 0 Å². The molecule has 1 amide bonds. The largest absolute Gasteiger partial charge is 0.365 e. The first-order valence-electron chi connectivity index (χ1n) is 12.5. The molecule has 32 heavy (non-hydrogen) atoms. The summed E-state index contributed by atoms with van der Waals surface area (Å²) >= 11 is 0. The molecule has 170 valence electrons. The molecule has 2 saturated heterocycles. The Morgan fingerprint density at radius 3 is 2.66 bits per heavy atom. The Morgan fingerprint density at radius 2 is 1.81 bits per heavy atom. The van der Waals surface area contributed by atoms with E-state index in [1.807, 2.05) is 0 Å². The SMILES string of the molecule is O=C(NCCC[NH+]1CCC2(CC1)OCc1ccccc12)[C@H]1CCC[NH+]1Cc1ccccc1. The van der Waals surface area contributed by atoms with Crippen LogP contribution in [-0.4, -0.2) is 44.7 Å². The topological polar surface area (TPSA) is 47.2 Å². The van der Waals surface area contributed by atoms with Gasteiger partial charge >= 0.3 is 0 Å². The second kappa shape index (κ2) is 9.74. The summed E-state index contributed by atoms with van der Waals surface area (Å²) in [4.78, 5) is 15.9. The van der Waals surface area contributed by atoms with Gasteiger partial charge in [-0.2, -0.15) is 0 Å². The summed E-state index contributed by atoms with van der Waals surface area (Å²) in [6.07, 6.45) is 5.41. The molecule has 0 aromatic heterocycles. The third kappa shape index (κ3) is 4.61. The van der Waals surface area contributed by atoms with Crippen molar-refractivity contribution < 1.29 is 19.3 Å². The minimum absolute atomic E-state index is 0.0399. The van der Waals surface area contributed by atoms with E-state index in [2.05, 4.69) is 59.9 Å². The van der Waals surface area contributed by atoms with Gasteiger partial charge in [0.15, 0.2) is 6.04 Å². The first-order valence-corrected chi connectivity index (χ1v) is 12.5. The zero-order valence-electron chi connectivity index (χ0n) is 19.1. The van der Waals surface area contributed by atoms with Crippen LogP contribution < -0.4 is 15.1 Å². The van der Waals surface area contributed by atoms with E-state index in [9.17, 15) is 4.79 Å².